The third kappa shape index (κ3) is 6.71. The summed E-state index contributed by atoms with van der Waals surface area (Å²) < 4.78 is 31.8. The van der Waals surface area contributed by atoms with Crippen LogP contribution in [0.5, 0.6) is 0 Å². The molecule has 9 heteroatoms. The van der Waals surface area contributed by atoms with E-state index in [0.717, 1.165) is 50.2 Å². The van der Waals surface area contributed by atoms with E-state index in [1.54, 1.807) is 6.07 Å². The molecule has 0 spiro atoms. The van der Waals surface area contributed by atoms with E-state index in [1.807, 2.05) is 32.0 Å². The molecule has 2 atom stereocenters. The minimum atomic E-state index is -3.34. The second-order valence-corrected chi connectivity index (χ2v) is 9.29. The molecule has 1 fully saturated rings. The molecule has 0 aromatic heterocycles. The van der Waals surface area contributed by atoms with Crippen LogP contribution in [0.3, 0.4) is 0 Å². The lowest BCUT2D eigenvalue weighted by Crippen LogP contribution is -2.65. The molecule has 0 saturated heterocycles. The highest BCUT2D eigenvalue weighted by atomic mass is 127. The SMILES string of the molecule is CCNC(=NCc1ccccc1NS(C)(=O)=O)NC1CC(OCC)C1(CC)CC.I. The summed E-state index contributed by atoms with van der Waals surface area (Å²) in [5.74, 6) is 0.743. The fraction of sp³-hybridized carbons (Fsp3) is 0.667. The molecule has 30 heavy (non-hydrogen) atoms. The number of guanidine groups is 1. The molecule has 2 unspecified atom stereocenters. The summed E-state index contributed by atoms with van der Waals surface area (Å²) in [5, 5.41) is 6.91. The van der Waals surface area contributed by atoms with Crippen LogP contribution < -0.4 is 15.4 Å². The van der Waals surface area contributed by atoms with Crippen LogP contribution in [0.25, 0.3) is 0 Å². The van der Waals surface area contributed by atoms with E-state index in [4.69, 9.17) is 9.73 Å². The number of hydrogen-bond acceptors (Lipinski definition) is 4. The van der Waals surface area contributed by atoms with Crippen molar-refractivity contribution in [1.82, 2.24) is 10.6 Å². The van der Waals surface area contributed by atoms with Crippen LogP contribution in [0, 0.1) is 5.41 Å². The van der Waals surface area contributed by atoms with Crippen molar-refractivity contribution < 1.29 is 13.2 Å². The summed E-state index contributed by atoms with van der Waals surface area (Å²) in [7, 11) is -3.34. The molecule has 7 nitrogen and oxygen atoms in total. The van der Waals surface area contributed by atoms with Gasteiger partial charge in [-0.05, 0) is 44.7 Å². The minimum absolute atomic E-state index is 0. The number of nitrogens with zero attached hydrogens (tertiary/aromatic N) is 1. The summed E-state index contributed by atoms with van der Waals surface area (Å²) in [4.78, 5) is 4.72. The molecule has 0 bridgehead atoms. The van der Waals surface area contributed by atoms with E-state index in [0.29, 0.717) is 18.3 Å². The molecule has 1 saturated carbocycles. The zero-order chi connectivity index (χ0) is 21.5. The summed E-state index contributed by atoms with van der Waals surface area (Å²) in [5.41, 5.74) is 1.50. The van der Waals surface area contributed by atoms with Crippen molar-refractivity contribution in [2.75, 3.05) is 24.1 Å². The highest BCUT2D eigenvalue weighted by Gasteiger charge is 2.53. The van der Waals surface area contributed by atoms with Crippen molar-refractivity contribution in [1.29, 1.82) is 0 Å². The van der Waals surface area contributed by atoms with E-state index in [2.05, 4.69) is 29.2 Å². The number of benzene rings is 1. The summed E-state index contributed by atoms with van der Waals surface area (Å²) >= 11 is 0. The van der Waals surface area contributed by atoms with E-state index in [1.165, 1.54) is 0 Å². The van der Waals surface area contributed by atoms with Crippen molar-refractivity contribution in [2.24, 2.45) is 10.4 Å². The summed E-state index contributed by atoms with van der Waals surface area (Å²) in [6.07, 6.45) is 4.49. The quantitative estimate of drug-likeness (QED) is 0.234. The van der Waals surface area contributed by atoms with Crippen LogP contribution in [-0.2, 0) is 21.3 Å². The first-order valence-electron chi connectivity index (χ1n) is 10.5. The van der Waals surface area contributed by atoms with Crippen LogP contribution in [0.4, 0.5) is 5.69 Å². The van der Waals surface area contributed by atoms with Gasteiger partial charge in [0.2, 0.25) is 10.0 Å². The zero-order valence-corrected chi connectivity index (χ0v) is 21.8. The molecule has 2 rings (SSSR count). The van der Waals surface area contributed by atoms with Crippen molar-refractivity contribution in [3.63, 3.8) is 0 Å². The number of rotatable bonds is 10. The van der Waals surface area contributed by atoms with Crippen molar-refractivity contribution in [2.45, 2.75) is 65.6 Å². The number of halogens is 1. The normalized spacial score (nSPS) is 20.6. The molecule has 0 amide bonds. The molecular formula is C21H37IN4O3S. The molecule has 172 valence electrons. The summed E-state index contributed by atoms with van der Waals surface area (Å²) in [6, 6.07) is 7.64. The smallest absolute Gasteiger partial charge is 0.229 e. The van der Waals surface area contributed by atoms with Crippen LogP contribution >= 0.6 is 24.0 Å². The van der Waals surface area contributed by atoms with Crippen LogP contribution in [0.15, 0.2) is 29.3 Å². The van der Waals surface area contributed by atoms with Gasteiger partial charge in [-0.3, -0.25) is 4.72 Å². The van der Waals surface area contributed by atoms with Crippen LogP contribution in [0.1, 0.15) is 52.5 Å². The second-order valence-electron chi connectivity index (χ2n) is 7.54. The molecule has 1 aliphatic rings. The Bertz CT molecular complexity index is 797. The maximum absolute atomic E-state index is 11.6. The Kier molecular flexibility index (Phi) is 10.9. The highest BCUT2D eigenvalue weighted by Crippen LogP contribution is 2.48. The van der Waals surface area contributed by atoms with Crippen molar-refractivity contribution >= 4 is 45.6 Å². The largest absolute Gasteiger partial charge is 0.378 e. The molecular weight excluding hydrogens is 515 g/mol. The Labute approximate surface area is 198 Å². The number of nitrogens with one attached hydrogen (secondary N) is 3. The summed E-state index contributed by atoms with van der Waals surface area (Å²) in [6.45, 7) is 10.4. The average molecular weight is 553 g/mol. The first-order valence-corrected chi connectivity index (χ1v) is 12.4. The predicted molar refractivity (Wildman–Crippen MR) is 135 cm³/mol. The van der Waals surface area contributed by atoms with Gasteiger partial charge in [0.15, 0.2) is 5.96 Å². The minimum Gasteiger partial charge on any atom is -0.378 e. The third-order valence-electron chi connectivity index (χ3n) is 5.84. The number of hydrogen-bond donors (Lipinski definition) is 3. The van der Waals surface area contributed by atoms with Gasteiger partial charge in [0.1, 0.15) is 0 Å². The van der Waals surface area contributed by atoms with Gasteiger partial charge in [-0.1, -0.05) is 32.0 Å². The lowest BCUT2D eigenvalue weighted by Gasteiger charge is -2.55. The Morgan fingerprint density at radius 1 is 1.20 bits per heavy atom. The van der Waals surface area contributed by atoms with Gasteiger partial charge >= 0.3 is 0 Å². The van der Waals surface area contributed by atoms with Crippen molar-refractivity contribution in [3.8, 4) is 0 Å². The van der Waals surface area contributed by atoms with Gasteiger partial charge < -0.3 is 15.4 Å². The van der Waals surface area contributed by atoms with E-state index >= 15 is 0 Å². The average Bonchev–Trinajstić information content (AvgIpc) is 2.66. The van der Waals surface area contributed by atoms with E-state index < -0.39 is 10.0 Å². The Hall–Kier alpha value is -1.07. The first-order chi connectivity index (χ1) is 13.8. The maximum atomic E-state index is 11.6. The van der Waals surface area contributed by atoms with Crippen LogP contribution in [-0.4, -0.2) is 45.9 Å². The molecule has 3 N–H and O–H groups in total. The number of anilines is 1. The maximum Gasteiger partial charge on any atom is 0.229 e. The molecule has 0 heterocycles. The fourth-order valence-electron chi connectivity index (χ4n) is 4.19. The second kappa shape index (κ2) is 12.1. The fourth-order valence-corrected chi connectivity index (χ4v) is 4.79. The molecule has 1 aliphatic carbocycles. The Morgan fingerprint density at radius 3 is 2.43 bits per heavy atom. The third-order valence-corrected chi connectivity index (χ3v) is 6.44. The van der Waals surface area contributed by atoms with Crippen LogP contribution in [0.2, 0.25) is 0 Å². The van der Waals surface area contributed by atoms with Gasteiger partial charge in [0, 0.05) is 24.6 Å². The molecule has 0 aliphatic heterocycles. The number of sulfonamides is 1. The molecule has 1 aromatic rings. The Balaban J connectivity index is 0.00000450. The number of aliphatic imine (C=N–C) groups is 1. The highest BCUT2D eigenvalue weighted by molar-refractivity contribution is 14.0. The predicted octanol–water partition coefficient (Wildman–Crippen LogP) is 3.72. The van der Waals surface area contributed by atoms with Gasteiger partial charge in [-0.2, -0.15) is 0 Å². The number of ether oxygens (including phenoxy) is 1. The van der Waals surface area contributed by atoms with Gasteiger partial charge in [-0.25, -0.2) is 13.4 Å². The standard InChI is InChI=1S/C21H36N4O3S.HI/c1-6-21(7-2)18(14-19(21)28-9-4)24-20(22-8-3)23-15-16-12-10-11-13-17(16)25-29(5,26)27;/h10-13,18-19,25H,6-9,14-15H2,1-5H3,(H2,22,23,24);1H. The first kappa shape index (κ1) is 27.0. The Morgan fingerprint density at radius 2 is 1.87 bits per heavy atom. The van der Waals surface area contributed by atoms with Crippen molar-refractivity contribution in [3.05, 3.63) is 29.8 Å². The van der Waals surface area contributed by atoms with Gasteiger partial charge in [0.05, 0.1) is 24.6 Å². The van der Waals surface area contributed by atoms with Gasteiger partial charge in [-0.15, -0.1) is 24.0 Å². The van der Waals surface area contributed by atoms with Gasteiger partial charge in [0.25, 0.3) is 0 Å². The van der Waals surface area contributed by atoms with E-state index in [9.17, 15) is 8.42 Å². The lowest BCUT2D eigenvalue weighted by atomic mass is 9.58. The topological polar surface area (TPSA) is 91.8 Å². The lowest BCUT2D eigenvalue weighted by molar-refractivity contribution is -0.133. The number of para-hydroxylation sites is 1. The van der Waals surface area contributed by atoms with E-state index in [-0.39, 0.29) is 35.5 Å². The zero-order valence-electron chi connectivity index (χ0n) is 18.7. The molecule has 0 radical (unpaired) electrons. The monoisotopic (exact) mass is 552 g/mol. The molecule has 1 aromatic carbocycles.